The van der Waals surface area contributed by atoms with Gasteiger partial charge in [-0.15, -0.1) is 0 Å². The maximum absolute atomic E-state index is 9.27. The van der Waals surface area contributed by atoms with Gasteiger partial charge in [0.2, 0.25) is 0 Å². The van der Waals surface area contributed by atoms with Crippen LogP contribution in [0, 0.1) is 11.3 Å². The molecule has 1 aliphatic carbocycles. The summed E-state index contributed by atoms with van der Waals surface area (Å²) in [5.41, 5.74) is 2.61. The van der Waals surface area contributed by atoms with Crippen LogP contribution in [0.4, 0.5) is 0 Å². The average Bonchev–Trinajstić information content (AvgIpc) is 3.05. The summed E-state index contributed by atoms with van der Waals surface area (Å²) >= 11 is 3.50. The molecule has 0 N–H and O–H groups in total. The van der Waals surface area contributed by atoms with E-state index in [1.54, 1.807) is 13.2 Å². The van der Waals surface area contributed by atoms with Gasteiger partial charge >= 0.3 is 0 Å². The number of halogens is 1. The van der Waals surface area contributed by atoms with E-state index >= 15 is 0 Å². The summed E-state index contributed by atoms with van der Waals surface area (Å²) in [5, 5.41) is 17.6. The van der Waals surface area contributed by atoms with E-state index in [1.165, 1.54) is 4.80 Å². The molecule has 5 heteroatoms. The van der Waals surface area contributed by atoms with E-state index in [2.05, 4.69) is 32.2 Å². The van der Waals surface area contributed by atoms with Crippen LogP contribution < -0.4 is 0 Å². The van der Waals surface area contributed by atoms with Crippen LogP contribution >= 0.6 is 15.9 Å². The van der Waals surface area contributed by atoms with Crippen molar-refractivity contribution in [3.63, 3.8) is 0 Å². The third kappa shape index (κ3) is 1.83. The number of aryl methyl sites for hydroxylation is 1. The number of hydrogen-bond acceptors (Lipinski definition) is 3. The molecule has 2 aromatic rings. The van der Waals surface area contributed by atoms with Gasteiger partial charge in [-0.3, -0.25) is 0 Å². The maximum Gasteiger partial charge on any atom is 0.113 e. The van der Waals surface area contributed by atoms with Crippen LogP contribution in [0.15, 0.2) is 28.9 Å². The number of hydrogen-bond donors (Lipinski definition) is 0. The van der Waals surface area contributed by atoms with Crippen LogP contribution in [0.5, 0.6) is 0 Å². The molecule has 0 aliphatic heterocycles. The van der Waals surface area contributed by atoms with Crippen molar-refractivity contribution in [3.05, 3.63) is 34.4 Å². The minimum atomic E-state index is -0.277. The Kier molecular flexibility index (Phi) is 2.49. The molecule has 0 bridgehead atoms. The first-order valence-corrected chi connectivity index (χ1v) is 6.51. The van der Waals surface area contributed by atoms with E-state index in [9.17, 15) is 5.26 Å². The van der Waals surface area contributed by atoms with Crippen LogP contribution in [0.3, 0.4) is 0 Å². The van der Waals surface area contributed by atoms with Crippen molar-refractivity contribution in [1.82, 2.24) is 15.0 Å². The van der Waals surface area contributed by atoms with Gasteiger partial charge in [-0.1, -0.05) is 15.9 Å². The van der Waals surface area contributed by atoms with Crippen LogP contribution in [-0.4, -0.2) is 15.0 Å². The second-order valence-electron chi connectivity index (χ2n) is 4.64. The molecule has 1 aliphatic rings. The van der Waals surface area contributed by atoms with Crippen molar-refractivity contribution >= 4 is 15.9 Å². The first kappa shape index (κ1) is 11.4. The summed E-state index contributed by atoms with van der Waals surface area (Å²) in [5.74, 6) is 0. The number of nitrogens with zero attached hydrogens (tertiary/aromatic N) is 4. The summed E-state index contributed by atoms with van der Waals surface area (Å²) in [4.78, 5) is 1.53. The Morgan fingerprint density at radius 2 is 2.17 bits per heavy atom. The zero-order valence-electron chi connectivity index (χ0n) is 9.89. The van der Waals surface area contributed by atoms with E-state index in [0.29, 0.717) is 0 Å². The van der Waals surface area contributed by atoms with Crippen molar-refractivity contribution in [2.24, 2.45) is 7.05 Å². The molecule has 0 spiro atoms. The minimum absolute atomic E-state index is 0.277. The standard InChI is InChI=1S/C13H11BrN4/c1-18-16-7-12(17-18)9-4-10(6-11(14)5-9)13(8-15)2-3-13/h4-7H,2-3H2,1H3. The van der Waals surface area contributed by atoms with Crippen LogP contribution in [0.1, 0.15) is 18.4 Å². The lowest BCUT2D eigenvalue weighted by atomic mass is 9.95. The fourth-order valence-electron chi connectivity index (χ4n) is 2.08. The molecule has 1 fully saturated rings. The monoisotopic (exact) mass is 302 g/mol. The average molecular weight is 303 g/mol. The zero-order chi connectivity index (χ0) is 12.8. The molecule has 0 saturated heterocycles. The number of benzene rings is 1. The number of rotatable bonds is 2. The Bertz CT molecular complexity index is 649. The zero-order valence-corrected chi connectivity index (χ0v) is 11.5. The number of aromatic nitrogens is 3. The molecule has 4 nitrogen and oxygen atoms in total. The maximum atomic E-state index is 9.27. The predicted octanol–water partition coefficient (Wildman–Crippen LogP) is 2.80. The van der Waals surface area contributed by atoms with Crippen LogP contribution in [-0.2, 0) is 12.5 Å². The quantitative estimate of drug-likeness (QED) is 0.857. The topological polar surface area (TPSA) is 54.5 Å². The molecular weight excluding hydrogens is 292 g/mol. The fourth-order valence-corrected chi connectivity index (χ4v) is 2.58. The molecule has 0 amide bonds. The van der Waals surface area contributed by atoms with Crippen molar-refractivity contribution in [2.45, 2.75) is 18.3 Å². The lowest BCUT2D eigenvalue weighted by molar-refractivity contribution is 0.655. The first-order valence-electron chi connectivity index (χ1n) is 5.72. The highest BCUT2D eigenvalue weighted by Gasteiger charge is 2.45. The van der Waals surface area contributed by atoms with Crippen molar-refractivity contribution in [2.75, 3.05) is 0 Å². The highest BCUT2D eigenvalue weighted by Crippen LogP contribution is 2.48. The molecule has 18 heavy (non-hydrogen) atoms. The second kappa shape index (κ2) is 3.92. The molecule has 0 atom stereocenters. The van der Waals surface area contributed by atoms with Crippen molar-refractivity contribution in [3.8, 4) is 17.3 Å². The van der Waals surface area contributed by atoms with Gasteiger partial charge in [0.1, 0.15) is 5.69 Å². The van der Waals surface area contributed by atoms with Crippen LogP contribution in [0.25, 0.3) is 11.3 Å². The van der Waals surface area contributed by atoms with Gasteiger partial charge in [-0.25, -0.2) is 0 Å². The molecule has 0 unspecified atom stereocenters. The lowest BCUT2D eigenvalue weighted by Crippen LogP contribution is -2.02. The summed E-state index contributed by atoms with van der Waals surface area (Å²) in [6.07, 6.45) is 3.62. The summed E-state index contributed by atoms with van der Waals surface area (Å²) in [6.45, 7) is 0. The molecule has 1 heterocycles. The van der Waals surface area contributed by atoms with Crippen molar-refractivity contribution in [1.29, 1.82) is 5.26 Å². The summed E-state index contributed by atoms with van der Waals surface area (Å²) in [6, 6.07) is 8.49. The molecule has 0 radical (unpaired) electrons. The minimum Gasteiger partial charge on any atom is -0.197 e. The molecule has 90 valence electrons. The molecule has 1 aromatic heterocycles. The van der Waals surface area contributed by atoms with E-state index in [-0.39, 0.29) is 5.41 Å². The van der Waals surface area contributed by atoms with Gasteiger partial charge in [0.25, 0.3) is 0 Å². The number of nitriles is 1. The molecule has 3 rings (SSSR count). The molecule has 1 saturated carbocycles. The normalized spacial score (nSPS) is 16.3. The Hall–Kier alpha value is -1.67. The Morgan fingerprint density at radius 1 is 1.39 bits per heavy atom. The van der Waals surface area contributed by atoms with E-state index in [0.717, 1.165) is 34.1 Å². The first-order chi connectivity index (χ1) is 8.63. The highest BCUT2D eigenvalue weighted by molar-refractivity contribution is 9.10. The van der Waals surface area contributed by atoms with Gasteiger partial charge in [-0.2, -0.15) is 20.3 Å². The van der Waals surface area contributed by atoms with Crippen molar-refractivity contribution < 1.29 is 0 Å². The Balaban J connectivity index is 2.10. The highest BCUT2D eigenvalue weighted by atomic mass is 79.9. The third-order valence-electron chi connectivity index (χ3n) is 3.31. The van der Waals surface area contributed by atoms with Gasteiger partial charge in [-0.05, 0) is 36.6 Å². The summed E-state index contributed by atoms with van der Waals surface area (Å²) < 4.78 is 0.974. The smallest absolute Gasteiger partial charge is 0.113 e. The Morgan fingerprint density at radius 3 is 2.72 bits per heavy atom. The van der Waals surface area contributed by atoms with E-state index < -0.39 is 0 Å². The molecule has 1 aromatic carbocycles. The van der Waals surface area contributed by atoms with Gasteiger partial charge in [0.15, 0.2) is 0 Å². The fraction of sp³-hybridized carbons (Fsp3) is 0.308. The van der Waals surface area contributed by atoms with Crippen LogP contribution in [0.2, 0.25) is 0 Å². The summed E-state index contributed by atoms with van der Waals surface area (Å²) in [7, 11) is 1.79. The molecular formula is C13H11BrN4. The second-order valence-corrected chi connectivity index (χ2v) is 5.56. The lowest BCUT2D eigenvalue weighted by Gasteiger charge is -2.08. The van der Waals surface area contributed by atoms with Gasteiger partial charge < -0.3 is 0 Å². The van der Waals surface area contributed by atoms with Gasteiger partial charge in [0.05, 0.1) is 17.7 Å². The van der Waals surface area contributed by atoms with E-state index in [1.807, 2.05) is 18.2 Å². The predicted molar refractivity (Wildman–Crippen MR) is 70.7 cm³/mol. The Labute approximate surface area is 113 Å². The largest absolute Gasteiger partial charge is 0.197 e. The third-order valence-corrected chi connectivity index (χ3v) is 3.77. The van der Waals surface area contributed by atoms with E-state index in [4.69, 9.17) is 0 Å². The SMILES string of the molecule is Cn1ncc(-c2cc(Br)cc(C3(C#N)CC3)c2)n1. The van der Waals surface area contributed by atoms with Gasteiger partial charge in [0, 0.05) is 17.1 Å².